The first kappa shape index (κ1) is 22.3. The van der Waals surface area contributed by atoms with Gasteiger partial charge in [-0.3, -0.25) is 4.90 Å². The largest absolute Gasteiger partial charge is 0.504 e. The summed E-state index contributed by atoms with van der Waals surface area (Å²) in [5.41, 5.74) is 5.08. The van der Waals surface area contributed by atoms with Crippen LogP contribution in [-0.4, -0.2) is 50.3 Å². The summed E-state index contributed by atoms with van der Waals surface area (Å²) >= 11 is 0. The highest BCUT2D eigenvalue weighted by Crippen LogP contribution is 2.68. The van der Waals surface area contributed by atoms with Gasteiger partial charge in [-0.15, -0.1) is 12.4 Å². The molecule has 0 saturated carbocycles. The van der Waals surface area contributed by atoms with E-state index in [1.165, 1.54) is 5.56 Å². The zero-order valence-electron chi connectivity index (χ0n) is 18.5. The van der Waals surface area contributed by atoms with Crippen LogP contribution in [-0.2, 0) is 18.3 Å². The fraction of sp³-hybridized carbons (Fsp3) is 0.385. The first-order chi connectivity index (χ1) is 14.9. The highest BCUT2D eigenvalue weighted by atomic mass is 35.5. The van der Waals surface area contributed by atoms with Crippen molar-refractivity contribution in [2.75, 3.05) is 13.1 Å². The summed E-state index contributed by atoms with van der Waals surface area (Å²) in [7, 11) is 0. The number of aromatic nitrogens is 1. The Morgan fingerprint density at radius 1 is 1.27 bits per heavy atom. The zero-order chi connectivity index (χ0) is 21.1. The number of aromatic hydroxyl groups is 1. The van der Waals surface area contributed by atoms with Gasteiger partial charge < -0.3 is 25.4 Å². The van der Waals surface area contributed by atoms with E-state index in [1.54, 1.807) is 6.07 Å². The third-order valence-corrected chi connectivity index (χ3v) is 8.35. The first-order valence-corrected chi connectivity index (χ1v) is 11.2. The van der Waals surface area contributed by atoms with Crippen LogP contribution >= 0.6 is 12.4 Å². The third-order valence-electron chi connectivity index (χ3n) is 8.35. The number of fused-ring (bicyclic) bond motifs is 4. The summed E-state index contributed by atoms with van der Waals surface area (Å²) < 4.78 is 6.57. The number of rotatable bonds is 2. The quantitative estimate of drug-likeness (QED) is 0.502. The van der Waals surface area contributed by atoms with E-state index in [1.807, 2.05) is 18.2 Å². The summed E-state index contributed by atoms with van der Waals surface area (Å²) in [6, 6.07) is 12.1. The lowest BCUT2D eigenvalue weighted by Gasteiger charge is -2.62. The number of phenolic OH excluding ortho intramolecular Hbond substituents is 1. The van der Waals surface area contributed by atoms with Crippen LogP contribution in [0, 0.1) is 0 Å². The number of hydrogen-bond donors (Lipinski definition) is 3. The normalized spacial score (nSPS) is 30.5. The molecule has 7 heteroatoms. The van der Waals surface area contributed by atoms with Gasteiger partial charge in [0.25, 0.3) is 0 Å². The molecule has 5 N–H and O–H groups in total. The maximum atomic E-state index is 12.7. The number of ether oxygens (including phenoxy) is 1. The van der Waals surface area contributed by atoms with Gasteiger partial charge in [0.15, 0.2) is 17.6 Å². The number of nitrogens with one attached hydrogen (secondary N) is 1. The number of likely N-dealkylation sites (tertiary alicyclic amines) is 1. The molecule has 0 radical (unpaired) electrons. The molecule has 1 aromatic heterocycles. The average Bonchev–Trinajstić information content (AvgIpc) is 3.27. The van der Waals surface area contributed by atoms with Gasteiger partial charge in [-0.2, -0.15) is 0 Å². The molecule has 174 valence electrons. The number of halogens is 1. The van der Waals surface area contributed by atoms with Gasteiger partial charge in [-0.05, 0) is 43.0 Å². The van der Waals surface area contributed by atoms with Crippen LogP contribution in [0.3, 0.4) is 0 Å². The molecule has 1 fully saturated rings. The van der Waals surface area contributed by atoms with Gasteiger partial charge >= 0.3 is 0 Å². The summed E-state index contributed by atoms with van der Waals surface area (Å²) in [6.45, 7) is 7.87. The number of para-hydroxylation sites is 1. The van der Waals surface area contributed by atoms with Crippen LogP contribution < -0.4 is 4.74 Å². The molecule has 2 aromatic carbocycles. The van der Waals surface area contributed by atoms with Crippen molar-refractivity contribution in [1.82, 2.24) is 9.88 Å². The topological polar surface area (TPSA) is 100 Å². The Balaban J connectivity index is 0.00000114. The van der Waals surface area contributed by atoms with Crippen molar-refractivity contribution in [3.8, 4) is 11.5 Å². The van der Waals surface area contributed by atoms with Gasteiger partial charge in [-0.1, -0.05) is 36.4 Å². The second-order valence-electron chi connectivity index (χ2n) is 9.98. The number of H-pyrrole nitrogens is 1. The second-order valence-corrected chi connectivity index (χ2v) is 9.98. The number of piperidine rings is 1. The first-order valence-electron chi connectivity index (χ1n) is 11.2. The molecule has 1 saturated heterocycles. The van der Waals surface area contributed by atoms with Gasteiger partial charge in [-0.25, -0.2) is 0 Å². The van der Waals surface area contributed by atoms with Crippen LogP contribution in [0.4, 0.5) is 0 Å². The molecule has 1 spiro atoms. The molecule has 3 heterocycles. The Morgan fingerprint density at radius 3 is 2.85 bits per heavy atom. The van der Waals surface area contributed by atoms with Crippen molar-refractivity contribution in [2.45, 2.75) is 49.3 Å². The van der Waals surface area contributed by atoms with Crippen molar-refractivity contribution >= 4 is 23.3 Å². The van der Waals surface area contributed by atoms with Gasteiger partial charge in [0, 0.05) is 42.0 Å². The van der Waals surface area contributed by atoms with Crippen LogP contribution in [0.2, 0.25) is 0 Å². The van der Waals surface area contributed by atoms with E-state index in [9.17, 15) is 10.2 Å². The highest BCUT2D eigenvalue weighted by Gasteiger charge is 2.72. The third kappa shape index (κ3) is 2.44. The van der Waals surface area contributed by atoms with E-state index >= 15 is 0 Å². The summed E-state index contributed by atoms with van der Waals surface area (Å²) in [5.74, 6) is 0.740. The SMILES string of the molecule is C=C(C)CN1CC[C@]23c4c5ccc(O)c4O[C@H]2c2[nH]c4ccccc4c2CC3(O)C1C5.Cl.O. The molecule has 0 amide bonds. The van der Waals surface area contributed by atoms with E-state index in [0.717, 1.165) is 59.2 Å². The Bertz CT molecular complexity index is 1300. The smallest absolute Gasteiger partial charge is 0.166 e. The van der Waals surface area contributed by atoms with Crippen molar-refractivity contribution in [3.63, 3.8) is 0 Å². The number of nitrogens with zero attached hydrogens (tertiary/aromatic N) is 1. The van der Waals surface area contributed by atoms with Crippen molar-refractivity contribution in [1.29, 1.82) is 0 Å². The molecule has 3 aromatic rings. The molecule has 2 aliphatic carbocycles. The second kappa shape index (κ2) is 7.00. The Kier molecular flexibility index (Phi) is 4.73. The number of aromatic amines is 1. The Labute approximate surface area is 198 Å². The monoisotopic (exact) mass is 468 g/mol. The molecule has 2 unspecified atom stereocenters. The maximum absolute atomic E-state index is 12.7. The number of aliphatic hydroxyl groups is 1. The van der Waals surface area contributed by atoms with Crippen molar-refractivity contribution in [3.05, 3.63) is 70.9 Å². The molecule has 4 aliphatic rings. The van der Waals surface area contributed by atoms with Gasteiger partial charge in [0.2, 0.25) is 0 Å². The lowest BCUT2D eigenvalue weighted by Crippen LogP contribution is -2.74. The fourth-order valence-corrected chi connectivity index (χ4v) is 7.26. The van der Waals surface area contributed by atoms with Crippen LogP contribution in [0.1, 0.15) is 41.8 Å². The molecule has 7 rings (SSSR count). The van der Waals surface area contributed by atoms with E-state index in [0.29, 0.717) is 12.2 Å². The van der Waals surface area contributed by atoms with Gasteiger partial charge in [0.1, 0.15) is 0 Å². The molecule has 33 heavy (non-hydrogen) atoms. The molecular formula is C26H29ClN2O4. The summed E-state index contributed by atoms with van der Waals surface area (Å²) in [6.07, 6.45) is 1.79. The molecule has 2 bridgehead atoms. The number of hydrogen-bond acceptors (Lipinski definition) is 4. The molecule has 4 atom stereocenters. The minimum absolute atomic E-state index is 0. The predicted octanol–water partition coefficient (Wildman–Crippen LogP) is 3.34. The summed E-state index contributed by atoms with van der Waals surface area (Å²) in [5, 5.41) is 24.5. The maximum Gasteiger partial charge on any atom is 0.166 e. The minimum atomic E-state index is -0.977. The number of phenols is 1. The van der Waals surface area contributed by atoms with E-state index < -0.39 is 11.0 Å². The standard InChI is InChI=1S/C26H26N2O3.ClH.H2O/c1-14(2)13-28-10-9-25-21-15-7-8-19(29)23(21)31-24(25)22-17(12-26(25,30)20(28)11-15)16-5-3-4-6-18(16)27-22;;/h3-8,20,24,27,29-30H,1,9-13H2,2H3;1H;1H2/t20?,24-,25-,26?;;/m0../s1. The molecular weight excluding hydrogens is 440 g/mol. The highest BCUT2D eigenvalue weighted by molar-refractivity contribution is 5.86. The Hall–Kier alpha value is -2.51. The van der Waals surface area contributed by atoms with Crippen molar-refractivity contribution in [2.24, 2.45) is 0 Å². The van der Waals surface area contributed by atoms with E-state index in [4.69, 9.17) is 4.74 Å². The number of benzene rings is 2. The van der Waals surface area contributed by atoms with Crippen molar-refractivity contribution < 1.29 is 20.4 Å². The van der Waals surface area contributed by atoms with Crippen LogP contribution in [0.15, 0.2) is 48.6 Å². The Morgan fingerprint density at radius 2 is 2.06 bits per heavy atom. The fourth-order valence-electron chi connectivity index (χ4n) is 7.26. The molecule has 6 nitrogen and oxygen atoms in total. The zero-order valence-corrected chi connectivity index (χ0v) is 19.3. The lowest BCUT2D eigenvalue weighted by molar-refractivity contribution is -0.170. The van der Waals surface area contributed by atoms with E-state index in [-0.39, 0.29) is 35.8 Å². The minimum Gasteiger partial charge on any atom is -0.504 e. The summed E-state index contributed by atoms with van der Waals surface area (Å²) in [4.78, 5) is 6.03. The predicted molar refractivity (Wildman–Crippen MR) is 129 cm³/mol. The van der Waals surface area contributed by atoms with Crippen LogP contribution in [0.25, 0.3) is 10.9 Å². The molecule has 2 aliphatic heterocycles. The average molecular weight is 469 g/mol. The van der Waals surface area contributed by atoms with Crippen LogP contribution in [0.5, 0.6) is 11.5 Å². The van der Waals surface area contributed by atoms with Gasteiger partial charge in [0.05, 0.1) is 16.7 Å². The lowest BCUT2D eigenvalue weighted by atomic mass is 9.49. The van der Waals surface area contributed by atoms with E-state index in [2.05, 4.69) is 35.5 Å².